The third-order valence-electron chi connectivity index (χ3n) is 4.17. The first-order valence-electron chi connectivity index (χ1n) is 8.01. The van der Waals surface area contributed by atoms with E-state index >= 15 is 0 Å². The lowest BCUT2D eigenvalue weighted by molar-refractivity contribution is 0.267. The molecule has 3 rings (SSSR count). The van der Waals surface area contributed by atoms with Crippen molar-refractivity contribution in [1.29, 1.82) is 0 Å². The molecule has 0 aliphatic carbocycles. The van der Waals surface area contributed by atoms with E-state index in [-0.39, 0.29) is 6.61 Å². The zero-order chi connectivity index (χ0) is 16.2. The third kappa shape index (κ3) is 3.46. The van der Waals surface area contributed by atoms with Crippen LogP contribution in [0.1, 0.15) is 22.7 Å². The maximum absolute atomic E-state index is 9.06. The van der Waals surface area contributed by atoms with Crippen molar-refractivity contribution < 1.29 is 9.52 Å². The number of nitrogens with zero attached hydrogens (tertiary/aromatic N) is 2. The Morgan fingerprint density at radius 3 is 2.87 bits per heavy atom. The monoisotopic (exact) mass is 313 g/mol. The van der Waals surface area contributed by atoms with E-state index in [4.69, 9.17) is 9.52 Å². The fourth-order valence-corrected chi connectivity index (χ4v) is 2.89. The van der Waals surface area contributed by atoms with Crippen LogP contribution >= 0.6 is 0 Å². The molecule has 0 amide bonds. The van der Waals surface area contributed by atoms with Crippen LogP contribution in [0.15, 0.2) is 34.7 Å². The summed E-state index contributed by atoms with van der Waals surface area (Å²) in [5.74, 6) is 1.00. The molecule has 0 saturated heterocycles. The molecule has 5 nitrogen and oxygen atoms in total. The summed E-state index contributed by atoms with van der Waals surface area (Å²) in [6.07, 6.45) is 0.859. The number of hydrogen-bond acceptors (Lipinski definition) is 4. The summed E-state index contributed by atoms with van der Waals surface area (Å²) in [5, 5.41) is 18.1. The van der Waals surface area contributed by atoms with Gasteiger partial charge in [0.05, 0.1) is 18.8 Å². The van der Waals surface area contributed by atoms with Gasteiger partial charge in [-0.2, -0.15) is 5.10 Å². The molecule has 5 heteroatoms. The highest BCUT2D eigenvalue weighted by atomic mass is 16.3. The van der Waals surface area contributed by atoms with Crippen LogP contribution in [0, 0.1) is 13.8 Å². The van der Waals surface area contributed by atoms with E-state index in [2.05, 4.69) is 22.5 Å². The zero-order valence-electron chi connectivity index (χ0n) is 13.7. The lowest BCUT2D eigenvalue weighted by Crippen LogP contribution is -2.17. The highest BCUT2D eigenvalue weighted by Gasteiger charge is 2.10. The van der Waals surface area contributed by atoms with E-state index in [1.165, 1.54) is 5.56 Å². The maximum atomic E-state index is 9.06. The number of para-hydroxylation sites is 1. The molecule has 2 aromatic heterocycles. The molecule has 3 aromatic rings. The average Bonchev–Trinajstić information content (AvgIpc) is 3.06. The second-order valence-corrected chi connectivity index (χ2v) is 5.77. The number of aliphatic hydroxyl groups is 1. The normalized spacial score (nSPS) is 11.4. The van der Waals surface area contributed by atoms with Gasteiger partial charge in [0.1, 0.15) is 11.3 Å². The molecular formula is C18H23N3O2. The largest absolute Gasteiger partial charge is 0.461 e. The van der Waals surface area contributed by atoms with E-state index in [1.54, 1.807) is 0 Å². The minimum Gasteiger partial charge on any atom is -0.461 e. The van der Waals surface area contributed by atoms with Gasteiger partial charge in [-0.05, 0) is 26.0 Å². The molecule has 0 unspecified atom stereocenters. The van der Waals surface area contributed by atoms with Crippen molar-refractivity contribution in [2.45, 2.75) is 33.4 Å². The Labute approximate surface area is 135 Å². The summed E-state index contributed by atoms with van der Waals surface area (Å²) >= 11 is 0. The van der Waals surface area contributed by atoms with Crippen LogP contribution in [-0.4, -0.2) is 28.0 Å². The van der Waals surface area contributed by atoms with Crippen molar-refractivity contribution in [1.82, 2.24) is 15.1 Å². The summed E-state index contributed by atoms with van der Waals surface area (Å²) in [6, 6.07) is 10.2. The van der Waals surface area contributed by atoms with E-state index in [0.717, 1.165) is 47.6 Å². The second kappa shape index (κ2) is 6.98. The molecule has 2 heterocycles. The number of hydrogen-bond donors (Lipinski definition) is 2. The summed E-state index contributed by atoms with van der Waals surface area (Å²) in [7, 11) is 0. The molecule has 0 spiro atoms. The van der Waals surface area contributed by atoms with E-state index in [1.807, 2.05) is 36.7 Å². The first kappa shape index (κ1) is 15.8. The van der Waals surface area contributed by atoms with Crippen LogP contribution in [0.2, 0.25) is 0 Å². The van der Waals surface area contributed by atoms with Crippen molar-refractivity contribution in [3.63, 3.8) is 0 Å². The molecule has 2 N–H and O–H groups in total. The van der Waals surface area contributed by atoms with Gasteiger partial charge in [0, 0.05) is 36.2 Å². The van der Waals surface area contributed by atoms with Gasteiger partial charge in [-0.1, -0.05) is 18.2 Å². The number of aryl methyl sites for hydroxylation is 1. The standard InChI is InChI=1S/C18H23N3O2/c1-13-17(14(2)21(20-13)9-10-22)12-19-8-7-16-11-15-5-3-4-6-18(15)23-16/h3-6,11,19,22H,7-10,12H2,1-2H3. The van der Waals surface area contributed by atoms with Gasteiger partial charge >= 0.3 is 0 Å². The first-order valence-corrected chi connectivity index (χ1v) is 8.01. The van der Waals surface area contributed by atoms with Crippen LogP contribution in [0.4, 0.5) is 0 Å². The van der Waals surface area contributed by atoms with Gasteiger partial charge in [-0.3, -0.25) is 4.68 Å². The van der Waals surface area contributed by atoms with Gasteiger partial charge in [-0.15, -0.1) is 0 Å². The molecule has 0 radical (unpaired) electrons. The number of aromatic nitrogens is 2. The zero-order valence-corrected chi connectivity index (χ0v) is 13.7. The minimum absolute atomic E-state index is 0.112. The van der Waals surface area contributed by atoms with Crippen molar-refractivity contribution in [3.8, 4) is 0 Å². The summed E-state index contributed by atoms with van der Waals surface area (Å²) in [5.41, 5.74) is 4.29. The molecule has 0 aliphatic rings. The number of aliphatic hydroxyl groups excluding tert-OH is 1. The molecular weight excluding hydrogens is 290 g/mol. The van der Waals surface area contributed by atoms with Gasteiger partial charge in [0.15, 0.2) is 0 Å². The summed E-state index contributed by atoms with van der Waals surface area (Å²) in [6.45, 7) is 6.35. The molecule has 0 aliphatic heterocycles. The maximum Gasteiger partial charge on any atom is 0.134 e. The van der Waals surface area contributed by atoms with Crippen molar-refractivity contribution in [2.75, 3.05) is 13.2 Å². The molecule has 0 fully saturated rings. The fraction of sp³-hybridized carbons (Fsp3) is 0.389. The van der Waals surface area contributed by atoms with E-state index < -0.39 is 0 Å². The molecule has 0 bridgehead atoms. The quantitative estimate of drug-likeness (QED) is 0.658. The van der Waals surface area contributed by atoms with Crippen LogP contribution in [-0.2, 0) is 19.5 Å². The smallest absolute Gasteiger partial charge is 0.134 e. The molecule has 1 aromatic carbocycles. The topological polar surface area (TPSA) is 63.2 Å². The molecule has 122 valence electrons. The lowest BCUT2D eigenvalue weighted by atomic mass is 10.2. The van der Waals surface area contributed by atoms with Gasteiger partial charge in [0.25, 0.3) is 0 Å². The number of benzene rings is 1. The predicted molar refractivity (Wildman–Crippen MR) is 90.4 cm³/mol. The Morgan fingerprint density at radius 1 is 1.26 bits per heavy atom. The fourth-order valence-electron chi connectivity index (χ4n) is 2.89. The highest BCUT2D eigenvalue weighted by molar-refractivity contribution is 5.77. The molecule has 0 saturated carbocycles. The average molecular weight is 313 g/mol. The Kier molecular flexibility index (Phi) is 4.79. The van der Waals surface area contributed by atoms with E-state index in [0.29, 0.717) is 6.54 Å². The number of rotatable bonds is 7. The van der Waals surface area contributed by atoms with Gasteiger partial charge in [0.2, 0.25) is 0 Å². The number of nitrogens with one attached hydrogen (secondary N) is 1. The molecule has 0 atom stereocenters. The summed E-state index contributed by atoms with van der Waals surface area (Å²) in [4.78, 5) is 0. The Hall–Kier alpha value is -2.11. The van der Waals surface area contributed by atoms with Crippen LogP contribution in [0.25, 0.3) is 11.0 Å². The van der Waals surface area contributed by atoms with Gasteiger partial charge < -0.3 is 14.8 Å². The summed E-state index contributed by atoms with van der Waals surface area (Å²) < 4.78 is 7.69. The van der Waals surface area contributed by atoms with Gasteiger partial charge in [-0.25, -0.2) is 0 Å². The second-order valence-electron chi connectivity index (χ2n) is 5.77. The Bertz CT molecular complexity index is 756. The Morgan fingerprint density at radius 2 is 2.09 bits per heavy atom. The van der Waals surface area contributed by atoms with Crippen LogP contribution in [0.5, 0.6) is 0 Å². The third-order valence-corrected chi connectivity index (χ3v) is 4.17. The predicted octanol–water partition coefficient (Wildman–Crippen LogP) is 2.57. The Balaban J connectivity index is 1.55. The van der Waals surface area contributed by atoms with Crippen LogP contribution < -0.4 is 5.32 Å². The number of furan rings is 1. The van der Waals surface area contributed by atoms with Crippen LogP contribution in [0.3, 0.4) is 0 Å². The number of fused-ring (bicyclic) bond motifs is 1. The molecule has 23 heavy (non-hydrogen) atoms. The highest BCUT2D eigenvalue weighted by Crippen LogP contribution is 2.19. The SMILES string of the molecule is Cc1nn(CCO)c(C)c1CNCCc1cc2ccccc2o1. The minimum atomic E-state index is 0.112. The van der Waals surface area contributed by atoms with E-state index in [9.17, 15) is 0 Å². The van der Waals surface area contributed by atoms with Crippen molar-refractivity contribution >= 4 is 11.0 Å². The van der Waals surface area contributed by atoms with Crippen molar-refractivity contribution in [2.24, 2.45) is 0 Å². The van der Waals surface area contributed by atoms with Crippen molar-refractivity contribution in [3.05, 3.63) is 53.0 Å². The first-order chi connectivity index (χ1) is 11.2. The lowest BCUT2D eigenvalue weighted by Gasteiger charge is -2.05.